The summed E-state index contributed by atoms with van der Waals surface area (Å²) in [6.07, 6.45) is 0. The van der Waals surface area contributed by atoms with Gasteiger partial charge in [-0.15, -0.1) is 0 Å². The van der Waals surface area contributed by atoms with Gasteiger partial charge in [-0.1, -0.05) is 42.0 Å². The maximum Gasteiger partial charge on any atom is 0.259 e. The number of pyridine rings is 1. The molecule has 0 spiro atoms. The number of hydrogen-bond donors (Lipinski definition) is 1. The fourth-order valence-electron chi connectivity index (χ4n) is 2.60. The molecule has 0 radical (unpaired) electrons. The Morgan fingerprint density at radius 3 is 2.52 bits per heavy atom. The number of rotatable bonds is 1. The van der Waals surface area contributed by atoms with Crippen molar-refractivity contribution in [2.45, 2.75) is 6.92 Å². The van der Waals surface area contributed by atoms with E-state index in [1.807, 2.05) is 61.5 Å². The van der Waals surface area contributed by atoms with Gasteiger partial charge in [-0.3, -0.25) is 4.79 Å². The highest BCUT2D eigenvalue weighted by Gasteiger charge is 2.12. The highest BCUT2D eigenvalue weighted by molar-refractivity contribution is 6.03. The Labute approximate surface area is 120 Å². The van der Waals surface area contributed by atoms with Gasteiger partial charge >= 0.3 is 0 Å². The molecule has 0 unspecified atom stereocenters. The van der Waals surface area contributed by atoms with Gasteiger partial charge in [0.15, 0.2) is 0 Å². The van der Waals surface area contributed by atoms with Gasteiger partial charge in [0, 0.05) is 10.9 Å². The number of hydrogen-bond acceptors (Lipinski definition) is 2. The summed E-state index contributed by atoms with van der Waals surface area (Å²) in [7, 11) is 0. The molecule has 102 valence electrons. The lowest BCUT2D eigenvalue weighted by Crippen LogP contribution is -2.04. The summed E-state index contributed by atoms with van der Waals surface area (Å²) in [5.74, 6) is 0.715. The second-order valence-electron chi connectivity index (χ2n) is 5.22. The molecule has 0 fully saturated rings. The minimum atomic E-state index is -0.120. The average molecular weight is 275 g/mol. The zero-order valence-corrected chi connectivity index (χ0v) is 11.5. The number of furan rings is 1. The van der Waals surface area contributed by atoms with Crippen LogP contribution in [0.3, 0.4) is 0 Å². The second-order valence-corrected chi connectivity index (χ2v) is 5.22. The van der Waals surface area contributed by atoms with Crippen molar-refractivity contribution in [2.24, 2.45) is 0 Å². The van der Waals surface area contributed by atoms with Gasteiger partial charge in [-0.05, 0) is 25.1 Å². The van der Waals surface area contributed by atoms with E-state index in [4.69, 9.17) is 4.42 Å². The predicted molar refractivity (Wildman–Crippen MR) is 84.5 cm³/mol. The minimum Gasteiger partial charge on any atom is -0.455 e. The largest absolute Gasteiger partial charge is 0.455 e. The molecule has 3 heteroatoms. The zero-order chi connectivity index (χ0) is 14.4. The molecule has 4 rings (SSSR count). The Hall–Kier alpha value is -2.81. The summed E-state index contributed by atoms with van der Waals surface area (Å²) in [5.41, 5.74) is 3.48. The van der Waals surface area contributed by atoms with E-state index in [2.05, 4.69) is 4.98 Å². The van der Waals surface area contributed by atoms with E-state index in [9.17, 15) is 4.79 Å². The van der Waals surface area contributed by atoms with Crippen molar-refractivity contribution in [3.05, 3.63) is 70.5 Å². The van der Waals surface area contributed by atoms with E-state index in [1.54, 1.807) is 0 Å². The number of H-pyrrole nitrogens is 1. The minimum absolute atomic E-state index is 0.120. The van der Waals surface area contributed by atoms with Gasteiger partial charge < -0.3 is 9.40 Å². The molecule has 0 aliphatic rings. The van der Waals surface area contributed by atoms with E-state index >= 15 is 0 Å². The van der Waals surface area contributed by atoms with Crippen molar-refractivity contribution in [3.63, 3.8) is 0 Å². The summed E-state index contributed by atoms with van der Waals surface area (Å²) in [5, 5.41) is 1.51. The van der Waals surface area contributed by atoms with Crippen molar-refractivity contribution >= 4 is 21.9 Å². The van der Waals surface area contributed by atoms with Gasteiger partial charge in [0.2, 0.25) is 0 Å². The maximum absolute atomic E-state index is 12.2. The van der Waals surface area contributed by atoms with Crippen LogP contribution >= 0.6 is 0 Å². The molecule has 0 atom stereocenters. The highest BCUT2D eigenvalue weighted by Crippen LogP contribution is 2.30. The van der Waals surface area contributed by atoms with Crippen LogP contribution in [0, 0.1) is 6.92 Å². The van der Waals surface area contributed by atoms with Crippen LogP contribution in [0.4, 0.5) is 0 Å². The Morgan fingerprint density at radius 1 is 0.952 bits per heavy atom. The standard InChI is InChI=1S/C18H13NO2/c1-11-6-8-12(9-7-11)16-10-14-17(21-16)13-4-2-3-5-15(13)19-18(14)20/h2-10H,1H3,(H,19,20). The Bertz CT molecular complexity index is 1010. The average Bonchev–Trinajstić information content (AvgIpc) is 2.94. The predicted octanol–water partition coefficient (Wildman–Crippen LogP) is 4.25. The van der Waals surface area contributed by atoms with Crippen molar-refractivity contribution < 1.29 is 4.42 Å². The fourth-order valence-corrected chi connectivity index (χ4v) is 2.60. The second kappa shape index (κ2) is 4.35. The lowest BCUT2D eigenvalue weighted by molar-refractivity contribution is 0.634. The third-order valence-electron chi connectivity index (χ3n) is 3.73. The monoisotopic (exact) mass is 275 g/mol. The van der Waals surface area contributed by atoms with Gasteiger partial charge in [-0.2, -0.15) is 0 Å². The molecule has 0 aliphatic carbocycles. The van der Waals surface area contributed by atoms with Crippen LogP contribution in [-0.4, -0.2) is 4.98 Å². The van der Waals surface area contributed by atoms with Gasteiger partial charge in [0.05, 0.1) is 10.9 Å². The number of nitrogens with one attached hydrogen (secondary N) is 1. The quantitative estimate of drug-likeness (QED) is 0.564. The third kappa shape index (κ3) is 1.86. The Kier molecular flexibility index (Phi) is 2.48. The Balaban J connectivity index is 2.05. The first kappa shape index (κ1) is 12.0. The molecule has 1 N–H and O–H groups in total. The number of para-hydroxylation sites is 1. The Morgan fingerprint density at radius 2 is 1.71 bits per heavy atom. The number of aromatic amines is 1. The van der Waals surface area contributed by atoms with Crippen molar-refractivity contribution in [1.82, 2.24) is 4.98 Å². The topological polar surface area (TPSA) is 46.0 Å². The number of aromatic nitrogens is 1. The number of fused-ring (bicyclic) bond motifs is 3. The lowest BCUT2D eigenvalue weighted by Gasteiger charge is -1.98. The SMILES string of the molecule is Cc1ccc(-c2cc3c(=O)[nH]c4ccccc4c3o2)cc1. The molecule has 2 aromatic carbocycles. The first-order chi connectivity index (χ1) is 10.2. The molecule has 0 saturated heterocycles. The molecule has 21 heavy (non-hydrogen) atoms. The van der Waals surface area contributed by atoms with Crippen molar-refractivity contribution in [1.29, 1.82) is 0 Å². The summed E-state index contributed by atoms with van der Waals surface area (Å²) in [6.45, 7) is 2.04. The van der Waals surface area contributed by atoms with Crippen LogP contribution in [0.15, 0.2) is 63.8 Å². The van der Waals surface area contributed by atoms with Gasteiger partial charge in [0.25, 0.3) is 5.56 Å². The first-order valence-electron chi connectivity index (χ1n) is 6.84. The normalized spacial score (nSPS) is 11.3. The van der Waals surface area contributed by atoms with E-state index in [0.29, 0.717) is 16.7 Å². The van der Waals surface area contributed by atoms with E-state index in [-0.39, 0.29) is 5.56 Å². The molecule has 2 heterocycles. The summed E-state index contributed by atoms with van der Waals surface area (Å²) >= 11 is 0. The summed E-state index contributed by atoms with van der Waals surface area (Å²) in [4.78, 5) is 15.1. The molecule has 4 aromatic rings. The lowest BCUT2D eigenvalue weighted by atomic mass is 10.1. The van der Waals surface area contributed by atoms with Crippen molar-refractivity contribution in [2.75, 3.05) is 0 Å². The van der Waals surface area contributed by atoms with Crippen LogP contribution in [-0.2, 0) is 0 Å². The molecule has 3 nitrogen and oxygen atoms in total. The van der Waals surface area contributed by atoms with Crippen molar-refractivity contribution in [3.8, 4) is 11.3 Å². The van der Waals surface area contributed by atoms with E-state index in [1.165, 1.54) is 5.56 Å². The first-order valence-corrected chi connectivity index (χ1v) is 6.84. The number of aryl methyl sites for hydroxylation is 1. The third-order valence-corrected chi connectivity index (χ3v) is 3.73. The maximum atomic E-state index is 12.2. The molecular formula is C18H13NO2. The van der Waals surface area contributed by atoms with Crippen LogP contribution in [0.25, 0.3) is 33.2 Å². The fraction of sp³-hybridized carbons (Fsp3) is 0.0556. The van der Waals surface area contributed by atoms with Gasteiger partial charge in [0.1, 0.15) is 11.3 Å². The van der Waals surface area contributed by atoms with Gasteiger partial charge in [-0.25, -0.2) is 0 Å². The van der Waals surface area contributed by atoms with E-state index in [0.717, 1.165) is 16.5 Å². The molecule has 0 bridgehead atoms. The van der Waals surface area contributed by atoms with Crippen LogP contribution in [0.2, 0.25) is 0 Å². The van der Waals surface area contributed by atoms with Crippen LogP contribution in [0.1, 0.15) is 5.56 Å². The highest BCUT2D eigenvalue weighted by atomic mass is 16.3. The van der Waals surface area contributed by atoms with Crippen LogP contribution < -0.4 is 5.56 Å². The molecule has 2 aromatic heterocycles. The summed E-state index contributed by atoms with van der Waals surface area (Å²) in [6, 6.07) is 17.6. The molecule has 0 saturated carbocycles. The zero-order valence-electron chi connectivity index (χ0n) is 11.5. The number of benzene rings is 2. The summed E-state index contributed by atoms with van der Waals surface area (Å²) < 4.78 is 5.97. The van der Waals surface area contributed by atoms with E-state index < -0.39 is 0 Å². The van der Waals surface area contributed by atoms with Crippen LogP contribution in [0.5, 0.6) is 0 Å². The molecular weight excluding hydrogens is 262 g/mol. The molecule has 0 aliphatic heterocycles. The molecule has 0 amide bonds. The smallest absolute Gasteiger partial charge is 0.259 e.